The molecule has 0 aliphatic carbocycles. The van der Waals surface area contributed by atoms with Crippen LogP contribution in [-0.2, 0) is 11.3 Å². The van der Waals surface area contributed by atoms with Gasteiger partial charge in [0, 0.05) is 12.4 Å². The van der Waals surface area contributed by atoms with Crippen molar-refractivity contribution < 1.29 is 4.79 Å². The molecule has 0 aliphatic rings. The van der Waals surface area contributed by atoms with E-state index >= 15 is 0 Å². The zero-order valence-corrected chi connectivity index (χ0v) is 6.30. The minimum Gasteiger partial charge on any atom is -0.314 e. The highest BCUT2D eigenvalue weighted by Crippen LogP contribution is 2.03. The second-order valence-electron chi connectivity index (χ2n) is 2.03. The summed E-state index contributed by atoms with van der Waals surface area (Å²) in [7, 11) is 0. The Bertz CT molecular complexity index is 244. The Morgan fingerprint density at radius 2 is 2.60 bits per heavy atom. The summed E-state index contributed by atoms with van der Waals surface area (Å²) in [5, 5.41) is 0.357. The number of ketones is 1. The second-order valence-corrected chi connectivity index (χ2v) is 2.36. The fourth-order valence-corrected chi connectivity index (χ4v) is 0.841. The average Bonchev–Trinajstić information content (AvgIpc) is 2.15. The average molecular weight is 159 g/mol. The van der Waals surface area contributed by atoms with Crippen LogP contribution < -0.4 is 0 Å². The number of halogens is 1. The highest BCUT2D eigenvalue weighted by molar-refractivity contribution is 6.28. The van der Waals surface area contributed by atoms with Crippen LogP contribution >= 0.6 is 11.6 Å². The van der Waals surface area contributed by atoms with E-state index in [0.717, 1.165) is 0 Å². The number of rotatable bonds is 2. The molecule has 0 radical (unpaired) electrons. The van der Waals surface area contributed by atoms with Crippen LogP contribution in [0.15, 0.2) is 12.4 Å². The van der Waals surface area contributed by atoms with Crippen molar-refractivity contribution in [3.63, 3.8) is 0 Å². The standard InChI is InChI=1S/C6H7ClN2O/c1-5(10)4-9-3-2-8-6(9)7/h2-3H,4H2,1H3. The molecular formula is C6H7ClN2O. The number of hydrogen-bond acceptors (Lipinski definition) is 2. The maximum absolute atomic E-state index is 10.6. The highest BCUT2D eigenvalue weighted by Gasteiger charge is 1.99. The summed E-state index contributed by atoms with van der Waals surface area (Å²) in [5.74, 6) is 0.0694. The normalized spacial score (nSPS) is 9.80. The van der Waals surface area contributed by atoms with E-state index in [-0.39, 0.29) is 5.78 Å². The summed E-state index contributed by atoms with van der Waals surface area (Å²) in [6, 6.07) is 0. The summed E-state index contributed by atoms with van der Waals surface area (Å²) in [6.45, 7) is 1.81. The zero-order chi connectivity index (χ0) is 7.56. The van der Waals surface area contributed by atoms with Crippen LogP contribution in [0.5, 0.6) is 0 Å². The van der Waals surface area contributed by atoms with E-state index in [4.69, 9.17) is 11.6 Å². The van der Waals surface area contributed by atoms with Gasteiger partial charge in [0.1, 0.15) is 5.78 Å². The Labute approximate surface area is 63.6 Å². The first-order valence-corrected chi connectivity index (χ1v) is 3.24. The van der Waals surface area contributed by atoms with Crippen molar-refractivity contribution in [1.82, 2.24) is 9.55 Å². The molecule has 0 aliphatic heterocycles. The molecule has 0 saturated heterocycles. The fraction of sp³-hybridized carbons (Fsp3) is 0.333. The number of imidazole rings is 1. The van der Waals surface area contributed by atoms with E-state index in [9.17, 15) is 4.79 Å². The smallest absolute Gasteiger partial charge is 0.203 e. The number of carbonyl (C=O) groups excluding carboxylic acids is 1. The highest BCUT2D eigenvalue weighted by atomic mass is 35.5. The molecule has 0 bridgehead atoms. The second kappa shape index (κ2) is 2.84. The predicted molar refractivity (Wildman–Crippen MR) is 37.9 cm³/mol. The van der Waals surface area contributed by atoms with Crippen LogP contribution in [0.25, 0.3) is 0 Å². The molecule has 10 heavy (non-hydrogen) atoms. The molecule has 0 fully saturated rings. The van der Waals surface area contributed by atoms with Gasteiger partial charge in [-0.1, -0.05) is 0 Å². The molecule has 54 valence electrons. The lowest BCUT2D eigenvalue weighted by molar-refractivity contribution is -0.117. The molecule has 1 rings (SSSR count). The molecule has 0 amide bonds. The number of Topliss-reactive ketones (excluding diaryl/α,β-unsaturated/α-hetero) is 1. The van der Waals surface area contributed by atoms with E-state index in [1.165, 1.54) is 6.92 Å². The largest absolute Gasteiger partial charge is 0.314 e. The third-order valence-corrected chi connectivity index (χ3v) is 1.37. The Morgan fingerprint density at radius 1 is 1.90 bits per heavy atom. The number of carbonyl (C=O) groups is 1. The van der Waals surface area contributed by atoms with Crippen LogP contribution in [0, 0.1) is 0 Å². The van der Waals surface area contributed by atoms with Crippen molar-refractivity contribution in [2.24, 2.45) is 0 Å². The monoisotopic (exact) mass is 158 g/mol. The number of aromatic nitrogens is 2. The quantitative estimate of drug-likeness (QED) is 0.647. The van der Waals surface area contributed by atoms with E-state index in [2.05, 4.69) is 4.98 Å². The molecule has 3 nitrogen and oxygen atoms in total. The summed E-state index contributed by atoms with van der Waals surface area (Å²) in [6.07, 6.45) is 3.23. The molecule has 0 saturated carbocycles. The predicted octanol–water partition coefficient (Wildman–Crippen LogP) is 1.13. The van der Waals surface area contributed by atoms with Gasteiger partial charge in [0.2, 0.25) is 5.28 Å². The van der Waals surface area contributed by atoms with Gasteiger partial charge in [0.05, 0.1) is 6.54 Å². The van der Waals surface area contributed by atoms with E-state index in [0.29, 0.717) is 11.8 Å². The van der Waals surface area contributed by atoms with Gasteiger partial charge in [-0.2, -0.15) is 0 Å². The molecule has 1 heterocycles. The molecule has 0 unspecified atom stereocenters. The fourth-order valence-electron chi connectivity index (χ4n) is 0.669. The van der Waals surface area contributed by atoms with Crippen molar-refractivity contribution in [2.75, 3.05) is 0 Å². The number of hydrogen-bond donors (Lipinski definition) is 0. The van der Waals surface area contributed by atoms with Crippen LogP contribution in [-0.4, -0.2) is 15.3 Å². The lowest BCUT2D eigenvalue weighted by atomic mass is 10.4. The molecule has 1 aromatic heterocycles. The maximum atomic E-state index is 10.6. The van der Waals surface area contributed by atoms with E-state index in [1.807, 2.05) is 0 Å². The Morgan fingerprint density at radius 3 is 3.00 bits per heavy atom. The topological polar surface area (TPSA) is 34.9 Å². The van der Waals surface area contributed by atoms with Crippen molar-refractivity contribution in [2.45, 2.75) is 13.5 Å². The minimum absolute atomic E-state index is 0.0694. The third-order valence-electron chi connectivity index (χ3n) is 1.06. The Hall–Kier alpha value is -0.830. The molecule has 0 aromatic carbocycles. The van der Waals surface area contributed by atoms with Crippen LogP contribution in [0.1, 0.15) is 6.92 Å². The molecule has 1 aromatic rings. The Kier molecular flexibility index (Phi) is 2.06. The summed E-state index contributed by atoms with van der Waals surface area (Å²) < 4.78 is 1.59. The van der Waals surface area contributed by atoms with Gasteiger partial charge in [0.15, 0.2) is 0 Å². The van der Waals surface area contributed by atoms with Gasteiger partial charge >= 0.3 is 0 Å². The van der Waals surface area contributed by atoms with Crippen LogP contribution in [0.3, 0.4) is 0 Å². The first kappa shape index (κ1) is 7.28. The van der Waals surface area contributed by atoms with Gasteiger partial charge in [-0.05, 0) is 18.5 Å². The molecule has 0 N–H and O–H groups in total. The molecular weight excluding hydrogens is 152 g/mol. The maximum Gasteiger partial charge on any atom is 0.203 e. The molecule has 0 atom stereocenters. The number of nitrogens with zero attached hydrogens (tertiary/aromatic N) is 2. The zero-order valence-electron chi connectivity index (χ0n) is 5.54. The van der Waals surface area contributed by atoms with Crippen molar-refractivity contribution >= 4 is 17.4 Å². The minimum atomic E-state index is 0.0694. The van der Waals surface area contributed by atoms with Gasteiger partial charge in [0.25, 0.3) is 0 Å². The third kappa shape index (κ3) is 1.57. The van der Waals surface area contributed by atoms with Crippen LogP contribution in [0.2, 0.25) is 5.28 Å². The summed E-state index contributed by atoms with van der Waals surface area (Å²) in [4.78, 5) is 14.3. The lowest BCUT2D eigenvalue weighted by Crippen LogP contribution is -2.04. The van der Waals surface area contributed by atoms with Gasteiger partial charge in [-0.15, -0.1) is 0 Å². The first-order chi connectivity index (χ1) is 4.70. The SMILES string of the molecule is CC(=O)Cn1ccnc1Cl. The van der Waals surface area contributed by atoms with Gasteiger partial charge in [-0.25, -0.2) is 4.98 Å². The van der Waals surface area contributed by atoms with Crippen molar-refractivity contribution in [3.8, 4) is 0 Å². The summed E-state index contributed by atoms with van der Waals surface area (Å²) in [5.41, 5.74) is 0. The van der Waals surface area contributed by atoms with Crippen molar-refractivity contribution in [1.29, 1.82) is 0 Å². The summed E-state index contributed by atoms with van der Waals surface area (Å²) >= 11 is 5.58. The first-order valence-electron chi connectivity index (χ1n) is 2.86. The van der Waals surface area contributed by atoms with Crippen LogP contribution in [0.4, 0.5) is 0 Å². The van der Waals surface area contributed by atoms with Crippen molar-refractivity contribution in [3.05, 3.63) is 17.7 Å². The molecule has 0 spiro atoms. The van der Waals surface area contributed by atoms with E-state index < -0.39 is 0 Å². The van der Waals surface area contributed by atoms with E-state index in [1.54, 1.807) is 17.0 Å². The Balaban J connectivity index is 2.74. The van der Waals surface area contributed by atoms with Gasteiger partial charge in [-0.3, -0.25) is 4.79 Å². The lowest BCUT2D eigenvalue weighted by Gasteiger charge is -1.96. The molecule has 4 heteroatoms. The van der Waals surface area contributed by atoms with Gasteiger partial charge < -0.3 is 4.57 Å².